The van der Waals surface area contributed by atoms with Crippen molar-refractivity contribution in [2.24, 2.45) is 0 Å². The quantitative estimate of drug-likeness (QED) is 0.883. The number of hydrogen-bond donors (Lipinski definition) is 1. The predicted octanol–water partition coefficient (Wildman–Crippen LogP) is 3.89. The lowest BCUT2D eigenvalue weighted by Gasteiger charge is -2.20. The molecule has 0 bridgehead atoms. The molecule has 0 aliphatic rings. The van der Waals surface area contributed by atoms with E-state index >= 15 is 0 Å². The highest BCUT2D eigenvalue weighted by Gasteiger charge is 2.19. The van der Waals surface area contributed by atoms with Crippen LogP contribution in [0.15, 0.2) is 36.4 Å². The third-order valence-electron chi connectivity index (χ3n) is 3.38. The second-order valence-corrected chi connectivity index (χ2v) is 4.70. The molecule has 1 atom stereocenters. The summed E-state index contributed by atoms with van der Waals surface area (Å²) < 4.78 is 27.8. The van der Waals surface area contributed by atoms with Gasteiger partial charge in [-0.2, -0.15) is 0 Å². The monoisotopic (exact) mass is 261 g/mol. The fourth-order valence-electron chi connectivity index (χ4n) is 2.27. The first-order chi connectivity index (χ1) is 9.04. The Morgan fingerprint density at radius 3 is 2.21 bits per heavy atom. The van der Waals surface area contributed by atoms with E-state index in [2.05, 4.69) is 5.32 Å². The highest BCUT2D eigenvalue weighted by Crippen LogP contribution is 2.28. The standard InChI is InChI=1S/C16H17F2N/c1-10-6-4-5-7-12(10)16(19-3)13-9-14(17)11(2)8-15(13)18/h4-9,16,19H,1-3H3. The Bertz CT molecular complexity index is 593. The zero-order valence-electron chi connectivity index (χ0n) is 11.3. The summed E-state index contributed by atoms with van der Waals surface area (Å²) in [4.78, 5) is 0. The number of hydrogen-bond acceptors (Lipinski definition) is 1. The maximum atomic E-state index is 14.1. The molecule has 2 aromatic carbocycles. The minimum absolute atomic E-state index is 0.320. The van der Waals surface area contributed by atoms with E-state index in [-0.39, 0.29) is 17.7 Å². The van der Waals surface area contributed by atoms with Gasteiger partial charge in [-0.15, -0.1) is 0 Å². The van der Waals surface area contributed by atoms with Gasteiger partial charge in [-0.1, -0.05) is 24.3 Å². The van der Waals surface area contributed by atoms with E-state index in [0.717, 1.165) is 11.1 Å². The summed E-state index contributed by atoms with van der Waals surface area (Å²) in [6.45, 7) is 3.52. The summed E-state index contributed by atoms with van der Waals surface area (Å²) in [7, 11) is 1.74. The average molecular weight is 261 g/mol. The number of nitrogens with one attached hydrogen (secondary N) is 1. The molecule has 0 fully saturated rings. The van der Waals surface area contributed by atoms with Crippen molar-refractivity contribution in [1.29, 1.82) is 0 Å². The normalized spacial score (nSPS) is 12.5. The molecule has 3 heteroatoms. The van der Waals surface area contributed by atoms with Gasteiger partial charge in [0.25, 0.3) is 0 Å². The Labute approximate surface area is 112 Å². The number of aryl methyl sites for hydroxylation is 2. The van der Waals surface area contributed by atoms with E-state index in [1.54, 1.807) is 14.0 Å². The summed E-state index contributed by atoms with van der Waals surface area (Å²) in [6, 6.07) is 9.88. The molecule has 2 aromatic rings. The van der Waals surface area contributed by atoms with Crippen LogP contribution in [0.25, 0.3) is 0 Å². The largest absolute Gasteiger partial charge is 0.309 e. The Hall–Kier alpha value is -1.74. The second-order valence-electron chi connectivity index (χ2n) is 4.70. The first-order valence-corrected chi connectivity index (χ1v) is 6.23. The van der Waals surface area contributed by atoms with Crippen LogP contribution in [0.4, 0.5) is 8.78 Å². The van der Waals surface area contributed by atoms with Crippen molar-refractivity contribution in [2.45, 2.75) is 19.9 Å². The number of rotatable bonds is 3. The van der Waals surface area contributed by atoms with Gasteiger partial charge >= 0.3 is 0 Å². The average Bonchev–Trinajstić information content (AvgIpc) is 2.38. The van der Waals surface area contributed by atoms with E-state index in [1.807, 2.05) is 31.2 Å². The van der Waals surface area contributed by atoms with E-state index in [9.17, 15) is 8.78 Å². The van der Waals surface area contributed by atoms with Crippen molar-refractivity contribution < 1.29 is 8.78 Å². The minimum atomic E-state index is -0.387. The molecule has 0 aliphatic carbocycles. The summed E-state index contributed by atoms with van der Waals surface area (Å²) in [5, 5.41) is 3.06. The first kappa shape index (κ1) is 13.7. The lowest BCUT2D eigenvalue weighted by atomic mass is 9.94. The van der Waals surface area contributed by atoms with Crippen LogP contribution < -0.4 is 5.32 Å². The summed E-state index contributed by atoms with van der Waals surface area (Å²) in [5.74, 6) is -0.772. The van der Waals surface area contributed by atoms with Gasteiger partial charge in [0.2, 0.25) is 0 Å². The van der Waals surface area contributed by atoms with E-state index in [0.29, 0.717) is 11.1 Å². The zero-order chi connectivity index (χ0) is 14.0. The van der Waals surface area contributed by atoms with Crippen molar-refractivity contribution in [2.75, 3.05) is 7.05 Å². The molecule has 1 unspecified atom stereocenters. The smallest absolute Gasteiger partial charge is 0.128 e. The maximum Gasteiger partial charge on any atom is 0.128 e. The maximum absolute atomic E-state index is 14.1. The van der Waals surface area contributed by atoms with Crippen molar-refractivity contribution >= 4 is 0 Å². The molecule has 0 aromatic heterocycles. The van der Waals surface area contributed by atoms with Crippen LogP contribution >= 0.6 is 0 Å². The molecular formula is C16H17F2N. The lowest BCUT2D eigenvalue weighted by Crippen LogP contribution is -2.20. The number of benzene rings is 2. The molecule has 1 N–H and O–H groups in total. The second kappa shape index (κ2) is 5.49. The van der Waals surface area contributed by atoms with Crippen LogP contribution in [0.5, 0.6) is 0 Å². The van der Waals surface area contributed by atoms with Gasteiger partial charge in [0.05, 0.1) is 6.04 Å². The third-order valence-corrected chi connectivity index (χ3v) is 3.38. The van der Waals surface area contributed by atoms with Gasteiger partial charge < -0.3 is 5.32 Å². The Morgan fingerprint density at radius 1 is 0.895 bits per heavy atom. The molecule has 0 heterocycles. The zero-order valence-corrected chi connectivity index (χ0v) is 11.3. The van der Waals surface area contributed by atoms with Crippen molar-refractivity contribution in [3.8, 4) is 0 Å². The van der Waals surface area contributed by atoms with Crippen LogP contribution in [0.1, 0.15) is 28.3 Å². The molecule has 19 heavy (non-hydrogen) atoms. The summed E-state index contributed by atoms with van der Waals surface area (Å²) >= 11 is 0. The van der Waals surface area contributed by atoms with Gasteiger partial charge in [0.1, 0.15) is 11.6 Å². The molecule has 0 amide bonds. The first-order valence-electron chi connectivity index (χ1n) is 6.23. The molecule has 0 saturated heterocycles. The molecule has 2 rings (SSSR count). The van der Waals surface area contributed by atoms with Crippen molar-refractivity contribution in [1.82, 2.24) is 5.32 Å². The molecular weight excluding hydrogens is 244 g/mol. The van der Waals surface area contributed by atoms with Crippen molar-refractivity contribution in [3.63, 3.8) is 0 Å². The van der Waals surface area contributed by atoms with Gasteiger partial charge in [-0.05, 0) is 49.7 Å². The molecule has 0 radical (unpaired) electrons. The predicted molar refractivity (Wildman–Crippen MR) is 73.2 cm³/mol. The molecule has 0 saturated carbocycles. The lowest BCUT2D eigenvalue weighted by molar-refractivity contribution is 0.553. The van der Waals surface area contributed by atoms with E-state index in [1.165, 1.54) is 12.1 Å². The fraction of sp³-hybridized carbons (Fsp3) is 0.250. The van der Waals surface area contributed by atoms with Crippen LogP contribution in [0, 0.1) is 25.5 Å². The fourth-order valence-corrected chi connectivity index (χ4v) is 2.27. The summed E-state index contributed by atoms with van der Waals surface area (Å²) in [6.07, 6.45) is 0. The van der Waals surface area contributed by atoms with Gasteiger partial charge in [-0.25, -0.2) is 8.78 Å². The van der Waals surface area contributed by atoms with Crippen LogP contribution in [-0.2, 0) is 0 Å². The Kier molecular flexibility index (Phi) is 3.96. The van der Waals surface area contributed by atoms with Crippen LogP contribution in [0.2, 0.25) is 0 Å². The molecule has 100 valence electrons. The van der Waals surface area contributed by atoms with E-state index < -0.39 is 0 Å². The minimum Gasteiger partial charge on any atom is -0.309 e. The molecule has 0 aliphatic heterocycles. The summed E-state index contributed by atoms with van der Waals surface area (Å²) in [5.41, 5.74) is 2.65. The van der Waals surface area contributed by atoms with Gasteiger partial charge in [0, 0.05) is 5.56 Å². The van der Waals surface area contributed by atoms with Gasteiger partial charge in [-0.3, -0.25) is 0 Å². The Balaban J connectivity index is 2.55. The Morgan fingerprint density at radius 2 is 1.58 bits per heavy atom. The van der Waals surface area contributed by atoms with Crippen LogP contribution in [0.3, 0.4) is 0 Å². The van der Waals surface area contributed by atoms with Gasteiger partial charge in [0.15, 0.2) is 0 Å². The SMILES string of the molecule is CNC(c1ccccc1C)c1cc(F)c(C)cc1F. The highest BCUT2D eigenvalue weighted by molar-refractivity contribution is 5.38. The van der Waals surface area contributed by atoms with Crippen LogP contribution in [-0.4, -0.2) is 7.05 Å². The van der Waals surface area contributed by atoms with Crippen molar-refractivity contribution in [3.05, 3.63) is 70.3 Å². The third kappa shape index (κ3) is 2.66. The molecule has 0 spiro atoms. The molecule has 1 nitrogen and oxygen atoms in total. The van der Waals surface area contributed by atoms with E-state index in [4.69, 9.17) is 0 Å². The topological polar surface area (TPSA) is 12.0 Å². The highest BCUT2D eigenvalue weighted by atomic mass is 19.1. The number of halogens is 2.